The molecule has 0 saturated heterocycles. The summed E-state index contributed by atoms with van der Waals surface area (Å²) in [4.78, 5) is 23.5. The number of aryl methyl sites for hydroxylation is 1. The number of hydrogen-bond donors (Lipinski definition) is 1. The summed E-state index contributed by atoms with van der Waals surface area (Å²) in [7, 11) is 0. The van der Waals surface area contributed by atoms with Gasteiger partial charge in [-0.15, -0.1) is 11.3 Å². The first kappa shape index (κ1) is 15.0. The number of nitrogens with one attached hydrogen (secondary N) is 1. The van der Waals surface area contributed by atoms with Gasteiger partial charge in [0.2, 0.25) is 0 Å². The third kappa shape index (κ3) is 3.14. The zero-order valence-corrected chi connectivity index (χ0v) is 13.0. The Hall–Kier alpha value is -2.93. The summed E-state index contributed by atoms with van der Waals surface area (Å²) < 4.78 is 1.93. The molecule has 0 fully saturated rings. The predicted octanol–water partition coefficient (Wildman–Crippen LogP) is 4.01. The Labute approximate surface area is 136 Å². The lowest BCUT2D eigenvalue weighted by Crippen LogP contribution is -2.10. The molecule has 0 spiro atoms. The van der Waals surface area contributed by atoms with E-state index in [2.05, 4.69) is 5.32 Å². The van der Waals surface area contributed by atoms with Crippen LogP contribution in [0.4, 0.5) is 11.4 Å². The van der Waals surface area contributed by atoms with Gasteiger partial charge < -0.3 is 9.88 Å². The molecular formula is C16H13N3O3S. The van der Waals surface area contributed by atoms with Crippen molar-refractivity contribution in [2.24, 2.45) is 0 Å². The molecule has 23 heavy (non-hydrogen) atoms. The topological polar surface area (TPSA) is 77.2 Å². The molecule has 0 radical (unpaired) electrons. The van der Waals surface area contributed by atoms with Gasteiger partial charge in [0.25, 0.3) is 11.6 Å². The molecule has 3 aromatic rings. The van der Waals surface area contributed by atoms with Gasteiger partial charge in [0.05, 0.1) is 14.7 Å². The van der Waals surface area contributed by atoms with Crippen molar-refractivity contribution in [1.29, 1.82) is 0 Å². The van der Waals surface area contributed by atoms with Crippen molar-refractivity contribution in [1.82, 2.24) is 4.57 Å². The first-order valence-electron chi connectivity index (χ1n) is 6.84. The van der Waals surface area contributed by atoms with Crippen LogP contribution in [0, 0.1) is 17.0 Å². The summed E-state index contributed by atoms with van der Waals surface area (Å²) in [5.74, 6) is -0.351. The number of rotatable bonds is 4. The molecular weight excluding hydrogens is 314 g/mol. The standard InChI is InChI=1S/C16H13N3O3S/c1-11-14(19(21)22)10-15(23-11)16(20)17-12-5-4-6-13(9-12)18-7-2-3-8-18/h2-10H,1H3,(H,17,20). The van der Waals surface area contributed by atoms with Gasteiger partial charge in [-0.1, -0.05) is 6.07 Å². The van der Waals surface area contributed by atoms with E-state index in [1.165, 1.54) is 6.07 Å². The number of carbonyl (C=O) groups is 1. The van der Waals surface area contributed by atoms with Crippen molar-refractivity contribution < 1.29 is 9.72 Å². The SMILES string of the molecule is Cc1sc(C(=O)Nc2cccc(-n3cccc3)c2)cc1[N+](=O)[O-]. The van der Waals surface area contributed by atoms with Crippen LogP contribution in [0.25, 0.3) is 5.69 Å². The quantitative estimate of drug-likeness (QED) is 0.581. The van der Waals surface area contributed by atoms with Crippen molar-refractivity contribution in [3.8, 4) is 5.69 Å². The number of amides is 1. The third-order valence-corrected chi connectivity index (χ3v) is 4.36. The highest BCUT2D eigenvalue weighted by Crippen LogP contribution is 2.28. The number of aromatic nitrogens is 1. The van der Waals surface area contributed by atoms with Crippen LogP contribution in [0.2, 0.25) is 0 Å². The Bertz CT molecular complexity index is 869. The van der Waals surface area contributed by atoms with Gasteiger partial charge in [-0.25, -0.2) is 0 Å². The maximum absolute atomic E-state index is 12.3. The van der Waals surface area contributed by atoms with E-state index in [-0.39, 0.29) is 11.6 Å². The van der Waals surface area contributed by atoms with Crippen molar-refractivity contribution in [3.05, 3.63) is 74.7 Å². The van der Waals surface area contributed by atoms with Gasteiger partial charge in [0.1, 0.15) is 0 Å². The average Bonchev–Trinajstić information content (AvgIpc) is 3.16. The van der Waals surface area contributed by atoms with E-state index in [1.807, 2.05) is 47.3 Å². The predicted molar refractivity (Wildman–Crippen MR) is 89.4 cm³/mol. The Balaban J connectivity index is 1.82. The molecule has 3 rings (SSSR count). The third-order valence-electron chi connectivity index (χ3n) is 3.32. The van der Waals surface area contributed by atoms with Crippen LogP contribution in [-0.4, -0.2) is 15.4 Å². The number of nitro groups is 1. The first-order valence-corrected chi connectivity index (χ1v) is 7.66. The van der Waals surface area contributed by atoms with Crippen molar-refractivity contribution in [3.63, 3.8) is 0 Å². The summed E-state index contributed by atoms with van der Waals surface area (Å²) in [6.07, 6.45) is 3.82. The van der Waals surface area contributed by atoms with Gasteiger partial charge in [-0.2, -0.15) is 0 Å². The van der Waals surface area contributed by atoms with E-state index in [0.29, 0.717) is 15.4 Å². The molecule has 0 atom stereocenters. The highest BCUT2D eigenvalue weighted by molar-refractivity contribution is 7.14. The molecule has 0 bridgehead atoms. The van der Waals surface area contributed by atoms with E-state index in [1.54, 1.807) is 13.0 Å². The summed E-state index contributed by atoms with van der Waals surface area (Å²) in [6, 6.07) is 12.5. The minimum atomic E-state index is -0.477. The monoisotopic (exact) mass is 327 g/mol. The molecule has 0 unspecified atom stereocenters. The van der Waals surface area contributed by atoms with E-state index in [4.69, 9.17) is 0 Å². The molecule has 0 aliphatic heterocycles. The molecule has 2 heterocycles. The summed E-state index contributed by atoms with van der Waals surface area (Å²) >= 11 is 1.11. The van der Waals surface area contributed by atoms with E-state index in [9.17, 15) is 14.9 Å². The highest BCUT2D eigenvalue weighted by atomic mass is 32.1. The number of thiophene rings is 1. The van der Waals surface area contributed by atoms with Crippen molar-refractivity contribution >= 4 is 28.6 Å². The highest BCUT2D eigenvalue weighted by Gasteiger charge is 2.19. The van der Waals surface area contributed by atoms with Crippen LogP contribution in [0.3, 0.4) is 0 Å². The molecule has 116 valence electrons. The molecule has 0 aliphatic carbocycles. The largest absolute Gasteiger partial charge is 0.324 e. The zero-order chi connectivity index (χ0) is 16.4. The van der Waals surface area contributed by atoms with Crippen LogP contribution in [0.1, 0.15) is 14.5 Å². The lowest BCUT2D eigenvalue weighted by Gasteiger charge is -2.07. The van der Waals surface area contributed by atoms with E-state index < -0.39 is 4.92 Å². The fourth-order valence-corrected chi connectivity index (χ4v) is 3.09. The fourth-order valence-electron chi connectivity index (χ4n) is 2.21. The van der Waals surface area contributed by atoms with Gasteiger partial charge >= 0.3 is 0 Å². The first-order chi connectivity index (χ1) is 11.0. The Kier molecular flexibility index (Phi) is 3.94. The van der Waals surface area contributed by atoms with Gasteiger partial charge in [0.15, 0.2) is 0 Å². The summed E-state index contributed by atoms with van der Waals surface area (Å²) in [6.45, 7) is 1.63. The van der Waals surface area contributed by atoms with E-state index in [0.717, 1.165) is 17.0 Å². The number of benzene rings is 1. The van der Waals surface area contributed by atoms with Crippen LogP contribution in [0.15, 0.2) is 54.9 Å². The van der Waals surface area contributed by atoms with Crippen molar-refractivity contribution in [2.45, 2.75) is 6.92 Å². The second-order valence-electron chi connectivity index (χ2n) is 4.90. The van der Waals surface area contributed by atoms with Crippen molar-refractivity contribution in [2.75, 3.05) is 5.32 Å². The van der Waals surface area contributed by atoms with Crippen LogP contribution < -0.4 is 5.32 Å². The Morgan fingerprint density at radius 3 is 2.61 bits per heavy atom. The number of nitrogens with zero attached hydrogens (tertiary/aromatic N) is 2. The normalized spacial score (nSPS) is 10.5. The van der Waals surface area contributed by atoms with Gasteiger partial charge in [-0.05, 0) is 37.3 Å². The Morgan fingerprint density at radius 1 is 1.22 bits per heavy atom. The molecule has 1 N–H and O–H groups in total. The minimum Gasteiger partial charge on any atom is -0.324 e. The molecule has 0 saturated carbocycles. The number of carbonyl (C=O) groups excluding carboxylic acids is 1. The lowest BCUT2D eigenvalue weighted by atomic mass is 10.2. The molecule has 2 aromatic heterocycles. The van der Waals surface area contributed by atoms with Gasteiger partial charge in [0, 0.05) is 29.8 Å². The number of hydrogen-bond acceptors (Lipinski definition) is 4. The fraction of sp³-hybridized carbons (Fsp3) is 0.0625. The van der Waals surface area contributed by atoms with Crippen LogP contribution in [0.5, 0.6) is 0 Å². The molecule has 0 aliphatic rings. The van der Waals surface area contributed by atoms with E-state index >= 15 is 0 Å². The maximum atomic E-state index is 12.3. The molecule has 1 amide bonds. The molecule has 7 heteroatoms. The number of anilines is 1. The summed E-state index contributed by atoms with van der Waals surface area (Å²) in [5.41, 5.74) is 1.53. The smallest absolute Gasteiger partial charge is 0.283 e. The molecule has 6 nitrogen and oxygen atoms in total. The summed E-state index contributed by atoms with van der Waals surface area (Å²) in [5, 5.41) is 13.6. The van der Waals surface area contributed by atoms with Crippen LogP contribution >= 0.6 is 11.3 Å². The second kappa shape index (κ2) is 6.05. The Morgan fingerprint density at radius 2 is 1.96 bits per heavy atom. The average molecular weight is 327 g/mol. The second-order valence-corrected chi connectivity index (χ2v) is 6.16. The maximum Gasteiger partial charge on any atom is 0.283 e. The lowest BCUT2D eigenvalue weighted by molar-refractivity contribution is -0.385. The van der Waals surface area contributed by atoms with Crippen LogP contribution in [-0.2, 0) is 0 Å². The van der Waals surface area contributed by atoms with Gasteiger partial charge in [-0.3, -0.25) is 14.9 Å². The molecule has 1 aromatic carbocycles. The minimum absolute atomic E-state index is 0.0266. The zero-order valence-electron chi connectivity index (χ0n) is 12.2.